The molecule has 0 aliphatic heterocycles. The summed E-state index contributed by atoms with van der Waals surface area (Å²) in [6.07, 6.45) is 3.76. The molecule has 1 heterocycles. The van der Waals surface area contributed by atoms with Crippen molar-refractivity contribution >= 4 is 17.7 Å². The van der Waals surface area contributed by atoms with Crippen LogP contribution in [0.1, 0.15) is 36.1 Å². The van der Waals surface area contributed by atoms with Gasteiger partial charge in [0.1, 0.15) is 5.25 Å². The van der Waals surface area contributed by atoms with Crippen molar-refractivity contribution in [2.75, 3.05) is 14.1 Å². The Morgan fingerprint density at radius 1 is 1.04 bits per heavy atom. The molecule has 0 bridgehead atoms. The molecule has 27 heavy (non-hydrogen) atoms. The topological polar surface area (TPSA) is 38.1 Å². The van der Waals surface area contributed by atoms with Crippen molar-refractivity contribution in [1.29, 1.82) is 0 Å². The number of nitrogens with zero attached hydrogens (tertiary/aromatic N) is 3. The number of thioether (sulfide) groups is 1. The minimum absolute atomic E-state index is 0.0536. The van der Waals surface area contributed by atoms with Crippen LogP contribution in [0, 0.1) is 0 Å². The lowest BCUT2D eigenvalue weighted by atomic mass is 10.0. The molecule has 0 aliphatic rings. The average Bonchev–Trinajstić information content (AvgIpc) is 3.14. The minimum Gasteiger partial charge on any atom is -0.348 e. The Hall–Kier alpha value is -2.53. The van der Waals surface area contributed by atoms with Gasteiger partial charge in [0.05, 0.1) is 5.69 Å². The predicted octanol–water partition coefficient (Wildman–Crippen LogP) is 4.92. The Kier molecular flexibility index (Phi) is 6.01. The monoisotopic (exact) mass is 379 g/mol. The summed E-state index contributed by atoms with van der Waals surface area (Å²) in [6.45, 7) is 4.37. The zero-order valence-electron chi connectivity index (χ0n) is 16.2. The van der Waals surface area contributed by atoms with E-state index in [9.17, 15) is 4.79 Å². The average molecular weight is 380 g/mol. The van der Waals surface area contributed by atoms with Crippen LogP contribution in [-0.4, -0.2) is 34.5 Å². The molecule has 1 aromatic heterocycles. The van der Waals surface area contributed by atoms with E-state index in [-0.39, 0.29) is 11.2 Å². The molecule has 1 unspecified atom stereocenters. The van der Waals surface area contributed by atoms with Crippen molar-refractivity contribution < 1.29 is 4.79 Å². The lowest BCUT2D eigenvalue weighted by molar-refractivity contribution is -0.128. The predicted molar refractivity (Wildman–Crippen MR) is 111 cm³/mol. The number of amides is 1. The van der Waals surface area contributed by atoms with Crippen LogP contribution >= 0.6 is 11.8 Å². The van der Waals surface area contributed by atoms with Gasteiger partial charge in [-0.25, -0.2) is 4.98 Å². The van der Waals surface area contributed by atoms with Gasteiger partial charge >= 0.3 is 0 Å². The normalized spacial score (nSPS) is 12.2. The van der Waals surface area contributed by atoms with Gasteiger partial charge in [-0.15, -0.1) is 0 Å². The van der Waals surface area contributed by atoms with Gasteiger partial charge in [-0.1, -0.05) is 74.1 Å². The van der Waals surface area contributed by atoms with Crippen molar-refractivity contribution in [1.82, 2.24) is 14.5 Å². The molecule has 0 fully saturated rings. The van der Waals surface area contributed by atoms with Crippen LogP contribution < -0.4 is 0 Å². The van der Waals surface area contributed by atoms with Crippen molar-refractivity contribution in [3.63, 3.8) is 0 Å². The molecular weight excluding hydrogens is 354 g/mol. The molecule has 0 saturated carbocycles. The van der Waals surface area contributed by atoms with E-state index in [4.69, 9.17) is 0 Å². The Labute approximate surface area is 165 Å². The molecule has 0 saturated heterocycles. The van der Waals surface area contributed by atoms with Crippen LogP contribution in [0.15, 0.2) is 72.1 Å². The van der Waals surface area contributed by atoms with Crippen LogP contribution in [0.25, 0.3) is 5.69 Å². The van der Waals surface area contributed by atoms with E-state index in [2.05, 4.69) is 41.6 Å². The van der Waals surface area contributed by atoms with E-state index in [1.165, 1.54) is 17.3 Å². The summed E-state index contributed by atoms with van der Waals surface area (Å²) in [4.78, 5) is 19.1. The summed E-state index contributed by atoms with van der Waals surface area (Å²) in [6, 6.07) is 18.2. The molecule has 1 amide bonds. The standard InChI is InChI=1S/C22H25N3OS/c1-16(2)18-12-8-9-13-19(18)25-15-14-23-22(25)27-20(21(26)24(3)4)17-10-6-5-7-11-17/h5-16,20H,1-4H3. The summed E-state index contributed by atoms with van der Waals surface area (Å²) in [5.41, 5.74) is 3.34. The van der Waals surface area contributed by atoms with Crippen molar-refractivity contribution in [3.8, 4) is 5.69 Å². The Balaban J connectivity index is 2.01. The maximum atomic E-state index is 12.9. The third-order valence-electron chi connectivity index (χ3n) is 4.42. The molecule has 140 valence electrons. The maximum absolute atomic E-state index is 12.9. The lowest BCUT2D eigenvalue weighted by Gasteiger charge is -2.21. The molecule has 4 nitrogen and oxygen atoms in total. The van der Waals surface area contributed by atoms with Crippen molar-refractivity contribution in [2.45, 2.75) is 30.2 Å². The van der Waals surface area contributed by atoms with Gasteiger partial charge in [-0.3, -0.25) is 9.36 Å². The molecule has 5 heteroatoms. The number of hydrogen-bond acceptors (Lipinski definition) is 3. The SMILES string of the molecule is CC(C)c1ccccc1-n1ccnc1SC(C(=O)N(C)C)c1ccccc1. The van der Waals surface area contributed by atoms with Gasteiger partial charge in [0.2, 0.25) is 5.91 Å². The summed E-state index contributed by atoms with van der Waals surface area (Å²) < 4.78 is 2.08. The van der Waals surface area contributed by atoms with Gasteiger partial charge in [0.15, 0.2) is 5.16 Å². The van der Waals surface area contributed by atoms with Crippen LogP contribution in [0.3, 0.4) is 0 Å². The van der Waals surface area contributed by atoms with Crippen molar-refractivity contribution in [2.24, 2.45) is 0 Å². The number of aromatic nitrogens is 2. The fourth-order valence-electron chi connectivity index (χ4n) is 2.98. The number of para-hydroxylation sites is 1. The maximum Gasteiger partial charge on any atom is 0.240 e. The highest BCUT2D eigenvalue weighted by Gasteiger charge is 2.26. The number of imidazole rings is 1. The fourth-order valence-corrected chi connectivity index (χ4v) is 4.19. The number of carbonyl (C=O) groups excluding carboxylic acids is 1. The van der Waals surface area contributed by atoms with Gasteiger partial charge in [-0.05, 0) is 23.1 Å². The van der Waals surface area contributed by atoms with E-state index in [0.29, 0.717) is 5.92 Å². The third kappa shape index (κ3) is 4.25. The smallest absolute Gasteiger partial charge is 0.240 e. The molecule has 3 aromatic rings. The largest absolute Gasteiger partial charge is 0.348 e. The highest BCUT2D eigenvalue weighted by molar-refractivity contribution is 8.00. The van der Waals surface area contributed by atoms with Gasteiger partial charge in [-0.2, -0.15) is 0 Å². The first-order valence-electron chi connectivity index (χ1n) is 9.04. The number of hydrogen-bond donors (Lipinski definition) is 0. The molecule has 0 aliphatic carbocycles. The summed E-state index contributed by atoms with van der Waals surface area (Å²) in [5.74, 6) is 0.452. The molecule has 2 aromatic carbocycles. The molecule has 1 atom stereocenters. The van der Waals surface area contributed by atoms with Crippen LogP contribution in [0.5, 0.6) is 0 Å². The first-order valence-corrected chi connectivity index (χ1v) is 9.92. The number of carbonyl (C=O) groups is 1. The minimum atomic E-state index is -0.339. The molecule has 0 N–H and O–H groups in total. The summed E-state index contributed by atoms with van der Waals surface area (Å²) in [7, 11) is 3.58. The van der Waals surface area contributed by atoms with E-state index >= 15 is 0 Å². The van der Waals surface area contributed by atoms with E-state index < -0.39 is 0 Å². The zero-order chi connectivity index (χ0) is 19.4. The molecular formula is C22H25N3OS. The Bertz CT molecular complexity index is 903. The Morgan fingerprint density at radius 2 is 1.70 bits per heavy atom. The summed E-state index contributed by atoms with van der Waals surface area (Å²) in [5, 5.41) is 0.473. The number of benzene rings is 2. The van der Waals surface area contributed by atoms with Gasteiger partial charge in [0.25, 0.3) is 0 Å². The van der Waals surface area contributed by atoms with Gasteiger partial charge in [0, 0.05) is 26.5 Å². The number of rotatable bonds is 6. The Morgan fingerprint density at radius 3 is 2.37 bits per heavy atom. The van der Waals surface area contributed by atoms with Crippen LogP contribution in [-0.2, 0) is 4.79 Å². The number of likely N-dealkylation sites (N-methyl/N-ethyl adjacent to an activating group) is 1. The lowest BCUT2D eigenvalue weighted by Crippen LogP contribution is -2.27. The van der Waals surface area contributed by atoms with E-state index in [1.54, 1.807) is 25.2 Å². The van der Waals surface area contributed by atoms with E-state index in [1.807, 2.05) is 42.6 Å². The fraction of sp³-hybridized carbons (Fsp3) is 0.273. The second-order valence-electron chi connectivity index (χ2n) is 6.93. The second-order valence-corrected chi connectivity index (χ2v) is 8.01. The molecule has 0 radical (unpaired) electrons. The van der Waals surface area contributed by atoms with Gasteiger partial charge < -0.3 is 4.90 Å². The third-order valence-corrected chi connectivity index (χ3v) is 5.64. The molecule has 0 spiro atoms. The van der Waals surface area contributed by atoms with E-state index in [0.717, 1.165) is 16.4 Å². The quantitative estimate of drug-likeness (QED) is 0.571. The van der Waals surface area contributed by atoms with Crippen LogP contribution in [0.2, 0.25) is 0 Å². The molecule has 3 rings (SSSR count). The first kappa shape index (κ1) is 19.2. The zero-order valence-corrected chi connectivity index (χ0v) is 17.0. The summed E-state index contributed by atoms with van der Waals surface area (Å²) >= 11 is 1.49. The highest BCUT2D eigenvalue weighted by atomic mass is 32.2. The second kappa shape index (κ2) is 8.44. The first-order chi connectivity index (χ1) is 13.0. The van der Waals surface area contributed by atoms with Crippen LogP contribution in [0.4, 0.5) is 0 Å². The highest BCUT2D eigenvalue weighted by Crippen LogP contribution is 2.37. The van der Waals surface area contributed by atoms with Crippen molar-refractivity contribution in [3.05, 3.63) is 78.1 Å².